The molecule has 0 spiro atoms. The number of nitrogens with zero attached hydrogens (tertiary/aromatic N) is 1. The third-order valence-corrected chi connectivity index (χ3v) is 6.61. The molecular weight excluding hydrogens is 393 g/mol. The monoisotopic (exact) mass is 415 g/mol. The van der Waals surface area contributed by atoms with Crippen molar-refractivity contribution in [2.45, 2.75) is 11.3 Å². The summed E-state index contributed by atoms with van der Waals surface area (Å²) in [6, 6.07) is 8.24. The Morgan fingerprint density at radius 3 is 2.29 bits per heavy atom. The molecule has 9 heteroatoms. The third kappa shape index (κ3) is 5.03. The normalized spacial score (nSPS) is 16.2. The average molecular weight is 415 g/mol. The van der Waals surface area contributed by atoms with Crippen molar-refractivity contribution in [1.29, 1.82) is 0 Å². The summed E-state index contributed by atoms with van der Waals surface area (Å²) in [5.41, 5.74) is 0. The zero-order valence-electron chi connectivity index (χ0n) is 15.2. The fourth-order valence-corrected chi connectivity index (χ4v) is 4.67. The van der Waals surface area contributed by atoms with E-state index >= 15 is 0 Å². The van der Waals surface area contributed by atoms with Crippen molar-refractivity contribution in [2.75, 3.05) is 39.3 Å². The lowest BCUT2D eigenvalue weighted by Crippen LogP contribution is -3.14. The lowest BCUT2D eigenvalue weighted by Gasteiger charge is -2.31. The Balaban J connectivity index is 1.46. The molecule has 0 amide bonds. The Labute approximate surface area is 162 Å². The highest BCUT2D eigenvalue weighted by Gasteiger charge is 2.32. The van der Waals surface area contributed by atoms with E-state index < -0.39 is 26.6 Å². The van der Waals surface area contributed by atoms with Gasteiger partial charge in [0, 0.05) is 6.42 Å². The van der Waals surface area contributed by atoms with Crippen LogP contribution in [0.3, 0.4) is 0 Å². The van der Waals surface area contributed by atoms with E-state index in [4.69, 9.17) is 4.74 Å². The number of sulfonamides is 1. The molecule has 1 fully saturated rings. The molecule has 0 saturated carbocycles. The van der Waals surface area contributed by atoms with Gasteiger partial charge in [-0.1, -0.05) is 0 Å². The molecule has 1 saturated heterocycles. The minimum atomic E-state index is -4.05. The number of nitrogens with one attached hydrogen (secondary N) is 1. The van der Waals surface area contributed by atoms with Gasteiger partial charge in [0.15, 0.2) is 0 Å². The maximum absolute atomic E-state index is 13.9. The zero-order valence-corrected chi connectivity index (χ0v) is 16.0. The van der Waals surface area contributed by atoms with E-state index in [1.54, 1.807) is 12.1 Å². The second-order valence-electron chi connectivity index (χ2n) is 6.63. The van der Waals surface area contributed by atoms with Crippen LogP contribution in [-0.4, -0.2) is 52.1 Å². The van der Waals surface area contributed by atoms with E-state index in [-0.39, 0.29) is 18.9 Å². The molecule has 28 heavy (non-hydrogen) atoms. The van der Waals surface area contributed by atoms with Gasteiger partial charge < -0.3 is 9.64 Å². The molecule has 1 heterocycles. The van der Waals surface area contributed by atoms with Gasteiger partial charge in [-0.25, -0.2) is 21.6 Å². The fraction of sp³-hybridized carbons (Fsp3) is 0.368. The van der Waals surface area contributed by atoms with E-state index in [2.05, 4.69) is 0 Å². The first-order valence-electron chi connectivity index (χ1n) is 9.03. The molecule has 0 bridgehead atoms. The summed E-state index contributed by atoms with van der Waals surface area (Å²) in [5.74, 6) is -1.45. The number of halogens is 3. The maximum Gasteiger partial charge on any atom is 0.246 e. The van der Waals surface area contributed by atoms with Crippen molar-refractivity contribution in [3.8, 4) is 5.75 Å². The predicted molar refractivity (Wildman–Crippen MR) is 97.2 cm³/mol. The number of hydrogen-bond acceptors (Lipinski definition) is 3. The molecule has 0 radical (unpaired) electrons. The SMILES string of the molecule is O=S(=O)(c1cc(F)ccc1F)N1CC[NH+](CCCOc2ccc(F)cc2)CC1. The van der Waals surface area contributed by atoms with Crippen molar-refractivity contribution in [3.63, 3.8) is 0 Å². The lowest BCUT2D eigenvalue weighted by molar-refractivity contribution is -0.903. The molecule has 1 aliphatic rings. The summed E-state index contributed by atoms with van der Waals surface area (Å²) in [6.07, 6.45) is 0.762. The van der Waals surface area contributed by atoms with Crippen molar-refractivity contribution >= 4 is 10.0 Å². The largest absolute Gasteiger partial charge is 0.493 e. The van der Waals surface area contributed by atoms with Crippen LogP contribution in [0.2, 0.25) is 0 Å². The smallest absolute Gasteiger partial charge is 0.246 e. The average Bonchev–Trinajstić information content (AvgIpc) is 2.69. The Kier molecular flexibility index (Phi) is 6.58. The molecule has 0 atom stereocenters. The van der Waals surface area contributed by atoms with E-state index in [9.17, 15) is 21.6 Å². The van der Waals surface area contributed by atoms with Crippen molar-refractivity contribution in [1.82, 2.24) is 4.31 Å². The molecule has 5 nitrogen and oxygen atoms in total. The van der Waals surface area contributed by atoms with Crippen LogP contribution in [0.4, 0.5) is 13.2 Å². The summed E-state index contributed by atoms with van der Waals surface area (Å²) in [6.45, 7) is 2.91. The van der Waals surface area contributed by atoms with Crippen LogP contribution in [0.25, 0.3) is 0 Å². The Morgan fingerprint density at radius 1 is 0.964 bits per heavy atom. The molecule has 152 valence electrons. The van der Waals surface area contributed by atoms with Gasteiger partial charge in [-0.05, 0) is 42.5 Å². The molecule has 2 aromatic rings. The van der Waals surface area contributed by atoms with Crippen molar-refractivity contribution < 1.29 is 31.2 Å². The second kappa shape index (κ2) is 8.93. The van der Waals surface area contributed by atoms with E-state index in [1.807, 2.05) is 0 Å². The van der Waals surface area contributed by atoms with Gasteiger partial charge in [-0.15, -0.1) is 0 Å². The van der Waals surface area contributed by atoms with Gasteiger partial charge in [0.2, 0.25) is 10.0 Å². The van der Waals surface area contributed by atoms with Crippen LogP contribution in [0, 0.1) is 17.5 Å². The van der Waals surface area contributed by atoms with Gasteiger partial charge in [0.1, 0.15) is 28.1 Å². The Hall–Kier alpha value is -2.10. The third-order valence-electron chi connectivity index (χ3n) is 4.70. The number of rotatable bonds is 7. The molecule has 0 aliphatic carbocycles. The van der Waals surface area contributed by atoms with Crippen LogP contribution >= 0.6 is 0 Å². The number of quaternary nitrogens is 1. The summed E-state index contributed by atoms with van der Waals surface area (Å²) in [5, 5.41) is 0. The number of piperazine rings is 1. The van der Waals surface area contributed by atoms with E-state index in [0.29, 0.717) is 25.4 Å². The molecule has 1 N–H and O–H groups in total. The number of ether oxygens (including phenoxy) is 1. The van der Waals surface area contributed by atoms with Crippen LogP contribution < -0.4 is 9.64 Å². The van der Waals surface area contributed by atoms with Crippen LogP contribution in [0.5, 0.6) is 5.75 Å². The standard InChI is InChI=1S/C19H21F3N2O3S/c20-15-2-5-17(6-3-15)27-13-1-8-23-9-11-24(12-10-23)28(25,26)19-14-16(21)4-7-18(19)22/h2-7,14H,1,8-13H2/p+1. The molecule has 0 unspecified atom stereocenters. The minimum Gasteiger partial charge on any atom is -0.493 e. The van der Waals surface area contributed by atoms with Crippen LogP contribution in [0.1, 0.15) is 6.42 Å². The van der Waals surface area contributed by atoms with Crippen LogP contribution in [-0.2, 0) is 10.0 Å². The van der Waals surface area contributed by atoms with Gasteiger partial charge in [-0.2, -0.15) is 4.31 Å². The Morgan fingerprint density at radius 2 is 1.61 bits per heavy atom. The van der Waals surface area contributed by atoms with E-state index in [0.717, 1.165) is 31.2 Å². The molecule has 2 aromatic carbocycles. The highest BCUT2D eigenvalue weighted by atomic mass is 32.2. The van der Waals surface area contributed by atoms with E-state index in [1.165, 1.54) is 21.3 Å². The molecule has 0 aromatic heterocycles. The predicted octanol–water partition coefficient (Wildman–Crippen LogP) is 1.46. The first-order valence-corrected chi connectivity index (χ1v) is 10.5. The summed E-state index contributed by atoms with van der Waals surface area (Å²) < 4.78 is 71.9. The zero-order chi connectivity index (χ0) is 20.1. The number of hydrogen-bond donors (Lipinski definition) is 1. The number of benzene rings is 2. The maximum atomic E-state index is 13.9. The molecule has 1 aliphatic heterocycles. The topological polar surface area (TPSA) is 51.0 Å². The highest BCUT2D eigenvalue weighted by molar-refractivity contribution is 7.89. The Bertz CT molecular complexity index is 899. The molecule has 3 rings (SSSR count). The second-order valence-corrected chi connectivity index (χ2v) is 8.54. The minimum absolute atomic E-state index is 0.242. The lowest BCUT2D eigenvalue weighted by atomic mass is 10.3. The first-order chi connectivity index (χ1) is 13.4. The molecular formula is C19H22F3N2O3S+. The van der Waals surface area contributed by atoms with Crippen LogP contribution in [0.15, 0.2) is 47.4 Å². The van der Waals surface area contributed by atoms with Crippen molar-refractivity contribution in [3.05, 3.63) is 59.9 Å². The first kappa shape index (κ1) is 20.6. The van der Waals surface area contributed by atoms with Gasteiger partial charge in [0.25, 0.3) is 0 Å². The van der Waals surface area contributed by atoms with Gasteiger partial charge >= 0.3 is 0 Å². The highest BCUT2D eigenvalue weighted by Crippen LogP contribution is 2.20. The summed E-state index contributed by atoms with van der Waals surface area (Å²) in [4.78, 5) is 0.595. The quantitative estimate of drug-likeness (QED) is 0.697. The van der Waals surface area contributed by atoms with Gasteiger partial charge in [-0.3, -0.25) is 0 Å². The summed E-state index contributed by atoms with van der Waals surface area (Å²) >= 11 is 0. The fourth-order valence-electron chi connectivity index (χ4n) is 3.15. The van der Waals surface area contributed by atoms with Gasteiger partial charge in [0.05, 0.1) is 39.3 Å². The summed E-state index contributed by atoms with van der Waals surface area (Å²) in [7, 11) is -4.05. The van der Waals surface area contributed by atoms with Crippen molar-refractivity contribution in [2.24, 2.45) is 0 Å².